The Morgan fingerprint density at radius 1 is 1.67 bits per heavy atom. The number of halogens is 1. The molecule has 0 spiro atoms. The van der Waals surface area contributed by atoms with Crippen LogP contribution in [0.15, 0.2) is 17.2 Å². The minimum Gasteiger partial charge on any atom is -0.492 e. The zero-order valence-electron chi connectivity index (χ0n) is 6.70. The Labute approximate surface area is 78.2 Å². The Hall–Kier alpha value is -0.610. The summed E-state index contributed by atoms with van der Waals surface area (Å²) in [7, 11) is 0.371. The van der Waals surface area contributed by atoms with Crippen LogP contribution in [0, 0.1) is 0 Å². The van der Waals surface area contributed by atoms with Crippen molar-refractivity contribution < 1.29 is 8.95 Å². The third-order valence-electron chi connectivity index (χ3n) is 1.34. The predicted molar refractivity (Wildman–Crippen MR) is 48.1 cm³/mol. The first-order chi connectivity index (χ1) is 5.66. The van der Waals surface area contributed by atoms with E-state index in [4.69, 9.17) is 16.3 Å². The Morgan fingerprint density at radius 2 is 2.33 bits per heavy atom. The third kappa shape index (κ3) is 1.76. The first kappa shape index (κ1) is 9.48. The van der Waals surface area contributed by atoms with Gasteiger partial charge < -0.3 is 4.74 Å². The number of nitrogens with zero attached hydrogens (tertiary/aromatic N) is 1. The molecule has 1 atom stereocenters. The van der Waals surface area contributed by atoms with Gasteiger partial charge in [-0.05, 0) is 6.07 Å². The lowest BCUT2D eigenvalue weighted by atomic mass is 10.4. The summed E-state index contributed by atoms with van der Waals surface area (Å²) in [5.74, 6) is 0.389. The summed E-state index contributed by atoms with van der Waals surface area (Å²) in [4.78, 5) is 4.37. The van der Waals surface area contributed by atoms with Gasteiger partial charge in [-0.25, -0.2) is 4.98 Å². The Balaban J connectivity index is 3.27. The number of pyridine rings is 1. The van der Waals surface area contributed by atoms with E-state index in [-0.39, 0.29) is 5.15 Å². The van der Waals surface area contributed by atoms with Gasteiger partial charge >= 0.3 is 0 Å². The maximum atomic E-state index is 11.1. The standard InChI is InChI=1S/C7H8ClNO2S/c1-11-6-5(12(2)10)3-4-9-7(6)8/h3-4H,1-2H3. The van der Waals surface area contributed by atoms with Crippen LogP contribution in [0.1, 0.15) is 0 Å². The Kier molecular flexibility index (Phi) is 3.05. The van der Waals surface area contributed by atoms with E-state index in [1.807, 2.05) is 0 Å². The lowest BCUT2D eigenvalue weighted by molar-refractivity contribution is 0.402. The molecular weight excluding hydrogens is 198 g/mol. The van der Waals surface area contributed by atoms with E-state index in [0.717, 1.165) is 0 Å². The highest BCUT2D eigenvalue weighted by molar-refractivity contribution is 7.84. The number of rotatable bonds is 2. The summed E-state index contributed by atoms with van der Waals surface area (Å²) >= 11 is 5.70. The van der Waals surface area contributed by atoms with E-state index in [9.17, 15) is 4.21 Å². The fourth-order valence-corrected chi connectivity index (χ4v) is 1.80. The third-order valence-corrected chi connectivity index (χ3v) is 2.55. The molecule has 0 aliphatic carbocycles. The average Bonchev–Trinajstić information content (AvgIpc) is 2.03. The van der Waals surface area contributed by atoms with Crippen LogP contribution < -0.4 is 4.74 Å². The number of hydrogen-bond acceptors (Lipinski definition) is 3. The van der Waals surface area contributed by atoms with Crippen molar-refractivity contribution in [3.63, 3.8) is 0 Å². The van der Waals surface area contributed by atoms with Gasteiger partial charge in [0.25, 0.3) is 0 Å². The molecule has 0 radical (unpaired) electrons. The van der Waals surface area contributed by atoms with Crippen LogP contribution in [0.5, 0.6) is 5.75 Å². The van der Waals surface area contributed by atoms with Crippen LogP contribution in [0.4, 0.5) is 0 Å². The van der Waals surface area contributed by atoms with Gasteiger partial charge in [0, 0.05) is 12.5 Å². The van der Waals surface area contributed by atoms with Gasteiger partial charge in [0.05, 0.1) is 22.8 Å². The van der Waals surface area contributed by atoms with Crippen LogP contribution in [0.2, 0.25) is 5.15 Å². The summed E-state index contributed by atoms with van der Waals surface area (Å²) in [6.45, 7) is 0. The molecule has 5 heteroatoms. The zero-order chi connectivity index (χ0) is 9.14. The zero-order valence-corrected chi connectivity index (χ0v) is 8.28. The topological polar surface area (TPSA) is 39.2 Å². The van der Waals surface area contributed by atoms with E-state index in [1.54, 1.807) is 12.3 Å². The van der Waals surface area contributed by atoms with Gasteiger partial charge in [-0.15, -0.1) is 0 Å². The van der Waals surface area contributed by atoms with Crippen molar-refractivity contribution in [2.24, 2.45) is 0 Å². The normalized spacial score (nSPS) is 12.6. The average molecular weight is 206 g/mol. The molecule has 3 nitrogen and oxygen atoms in total. The van der Waals surface area contributed by atoms with Crippen LogP contribution in [-0.2, 0) is 10.8 Å². The maximum absolute atomic E-state index is 11.1. The van der Waals surface area contributed by atoms with E-state index in [0.29, 0.717) is 10.6 Å². The van der Waals surface area contributed by atoms with E-state index >= 15 is 0 Å². The summed E-state index contributed by atoms with van der Waals surface area (Å²) in [6.07, 6.45) is 3.07. The minimum absolute atomic E-state index is 0.241. The molecule has 0 saturated heterocycles. The molecule has 1 rings (SSSR count). The van der Waals surface area contributed by atoms with Gasteiger partial charge in [-0.1, -0.05) is 11.6 Å². The minimum atomic E-state index is -1.10. The quantitative estimate of drug-likeness (QED) is 0.687. The molecule has 0 aliphatic rings. The molecule has 0 bridgehead atoms. The highest BCUT2D eigenvalue weighted by Gasteiger charge is 2.10. The van der Waals surface area contributed by atoms with Gasteiger partial charge in [0.1, 0.15) is 0 Å². The van der Waals surface area contributed by atoms with Crippen LogP contribution in [0.3, 0.4) is 0 Å². The van der Waals surface area contributed by atoms with Crippen molar-refractivity contribution in [1.82, 2.24) is 4.98 Å². The lowest BCUT2D eigenvalue weighted by Gasteiger charge is -2.05. The summed E-state index contributed by atoms with van der Waals surface area (Å²) < 4.78 is 16.1. The molecule has 0 saturated carbocycles. The number of aromatic nitrogens is 1. The molecule has 1 aromatic heterocycles. The highest BCUT2D eigenvalue weighted by atomic mass is 35.5. The molecule has 1 aromatic rings. The smallest absolute Gasteiger partial charge is 0.172 e. The largest absolute Gasteiger partial charge is 0.492 e. The molecule has 1 unspecified atom stereocenters. The molecule has 0 aliphatic heterocycles. The fourth-order valence-electron chi connectivity index (χ4n) is 0.818. The van der Waals surface area contributed by atoms with Crippen LogP contribution in [-0.4, -0.2) is 22.6 Å². The van der Waals surface area contributed by atoms with E-state index < -0.39 is 10.8 Å². The second-order valence-corrected chi connectivity index (χ2v) is 3.79. The summed E-state index contributed by atoms with van der Waals surface area (Å²) in [5, 5.41) is 0.241. The van der Waals surface area contributed by atoms with E-state index in [2.05, 4.69) is 4.98 Å². The van der Waals surface area contributed by atoms with Gasteiger partial charge in [0.15, 0.2) is 10.9 Å². The molecule has 12 heavy (non-hydrogen) atoms. The first-order valence-corrected chi connectivity index (χ1v) is 5.12. The Bertz CT molecular complexity index is 316. The van der Waals surface area contributed by atoms with Crippen molar-refractivity contribution >= 4 is 22.4 Å². The molecule has 66 valence electrons. The van der Waals surface area contributed by atoms with Crippen molar-refractivity contribution in [1.29, 1.82) is 0 Å². The molecule has 0 fully saturated rings. The van der Waals surface area contributed by atoms with Gasteiger partial charge in [-0.2, -0.15) is 0 Å². The molecule has 0 amide bonds. The van der Waals surface area contributed by atoms with Crippen LogP contribution >= 0.6 is 11.6 Å². The van der Waals surface area contributed by atoms with Gasteiger partial charge in [-0.3, -0.25) is 4.21 Å². The second kappa shape index (κ2) is 3.87. The predicted octanol–water partition coefficient (Wildman–Crippen LogP) is 1.48. The van der Waals surface area contributed by atoms with Crippen LogP contribution in [0.25, 0.3) is 0 Å². The summed E-state index contributed by atoms with van der Waals surface area (Å²) in [6, 6.07) is 1.63. The van der Waals surface area contributed by atoms with Gasteiger partial charge in [0.2, 0.25) is 0 Å². The SMILES string of the molecule is COc1c(S(C)=O)ccnc1Cl. The number of ether oxygens (including phenoxy) is 1. The molecule has 0 aromatic carbocycles. The highest BCUT2D eigenvalue weighted by Crippen LogP contribution is 2.27. The fraction of sp³-hybridized carbons (Fsp3) is 0.286. The second-order valence-electron chi connectivity index (χ2n) is 2.09. The van der Waals surface area contributed by atoms with Crippen molar-refractivity contribution in [2.45, 2.75) is 4.90 Å². The molecule has 1 heterocycles. The molecule has 0 N–H and O–H groups in total. The van der Waals surface area contributed by atoms with Crippen molar-refractivity contribution in [3.8, 4) is 5.75 Å². The maximum Gasteiger partial charge on any atom is 0.172 e. The number of hydrogen-bond donors (Lipinski definition) is 0. The summed E-state index contributed by atoms with van der Waals surface area (Å²) in [5.41, 5.74) is 0. The number of methoxy groups -OCH3 is 1. The lowest BCUT2D eigenvalue weighted by Crippen LogP contribution is -1.95. The van der Waals surface area contributed by atoms with Crippen molar-refractivity contribution in [3.05, 3.63) is 17.4 Å². The van der Waals surface area contributed by atoms with Crippen molar-refractivity contribution in [2.75, 3.05) is 13.4 Å². The first-order valence-electron chi connectivity index (χ1n) is 3.18. The van der Waals surface area contributed by atoms with E-state index in [1.165, 1.54) is 13.3 Å². The Morgan fingerprint density at radius 3 is 2.75 bits per heavy atom. The monoisotopic (exact) mass is 205 g/mol. The molecular formula is C7H8ClNO2S.